The third-order valence-electron chi connectivity index (χ3n) is 3.92. The van der Waals surface area contributed by atoms with Crippen molar-refractivity contribution in [2.45, 2.75) is 33.2 Å². The Labute approximate surface area is 170 Å². The molecule has 1 rings (SSSR count). The van der Waals surface area contributed by atoms with E-state index in [2.05, 4.69) is 17.1 Å². The summed E-state index contributed by atoms with van der Waals surface area (Å²) in [7, 11) is 1.19. The van der Waals surface area contributed by atoms with Gasteiger partial charge in [0.1, 0.15) is 12.6 Å². The molecule has 0 aliphatic carbocycles. The van der Waals surface area contributed by atoms with Crippen molar-refractivity contribution in [2.24, 2.45) is 11.1 Å². The maximum Gasteiger partial charge on any atom is 0.419 e. The first-order valence-electron chi connectivity index (χ1n) is 8.99. The lowest BCUT2D eigenvalue weighted by atomic mass is 10.0. The summed E-state index contributed by atoms with van der Waals surface area (Å²) in [5.41, 5.74) is 1.43. The molecule has 9 nitrogen and oxygen atoms in total. The third kappa shape index (κ3) is 6.95. The Kier molecular flexibility index (Phi) is 9.37. The van der Waals surface area contributed by atoms with Crippen molar-refractivity contribution in [3.8, 4) is 0 Å². The van der Waals surface area contributed by atoms with Gasteiger partial charge in [-0.05, 0) is 37.0 Å². The Bertz CT molecular complexity index is 758. The van der Waals surface area contributed by atoms with Crippen molar-refractivity contribution in [1.82, 2.24) is 4.90 Å². The van der Waals surface area contributed by atoms with Crippen molar-refractivity contribution >= 4 is 29.5 Å². The minimum atomic E-state index is -1.15. The molecule has 9 heteroatoms. The van der Waals surface area contributed by atoms with Crippen LogP contribution in [0.15, 0.2) is 42.1 Å². The normalized spacial score (nSPS) is 12.1. The van der Waals surface area contributed by atoms with Gasteiger partial charge in [0.2, 0.25) is 0 Å². The molecule has 2 N–H and O–H groups in total. The van der Waals surface area contributed by atoms with Crippen molar-refractivity contribution in [2.75, 3.05) is 19.0 Å². The van der Waals surface area contributed by atoms with Crippen LogP contribution in [0.25, 0.3) is 0 Å². The number of benzene rings is 1. The van der Waals surface area contributed by atoms with E-state index in [1.165, 1.54) is 13.2 Å². The summed E-state index contributed by atoms with van der Waals surface area (Å²) >= 11 is 0. The zero-order valence-corrected chi connectivity index (χ0v) is 17.0. The lowest BCUT2D eigenvalue weighted by molar-refractivity contribution is -0.146. The van der Waals surface area contributed by atoms with E-state index in [1.54, 1.807) is 31.2 Å². The average Bonchev–Trinajstić information content (AvgIpc) is 2.70. The lowest BCUT2D eigenvalue weighted by Gasteiger charge is -2.28. The summed E-state index contributed by atoms with van der Waals surface area (Å²) in [6.07, 6.45) is 0.570. The Morgan fingerprint density at radius 3 is 2.38 bits per heavy atom. The molecule has 0 saturated carbocycles. The quantitative estimate of drug-likeness (QED) is 0.224. The predicted octanol–water partition coefficient (Wildman–Crippen LogP) is 3.63. The van der Waals surface area contributed by atoms with Crippen molar-refractivity contribution in [3.05, 3.63) is 42.5 Å². The van der Waals surface area contributed by atoms with Crippen molar-refractivity contribution in [1.29, 1.82) is 0 Å². The number of rotatable bonds is 8. The number of urea groups is 1. The van der Waals surface area contributed by atoms with Crippen LogP contribution in [-0.2, 0) is 14.3 Å². The monoisotopic (exact) mass is 405 g/mol. The van der Waals surface area contributed by atoms with Gasteiger partial charge >= 0.3 is 18.1 Å². The van der Waals surface area contributed by atoms with E-state index in [0.717, 1.165) is 0 Å². The van der Waals surface area contributed by atoms with Gasteiger partial charge in [-0.15, -0.1) is 0 Å². The van der Waals surface area contributed by atoms with E-state index in [-0.39, 0.29) is 18.9 Å². The number of nitrogens with zero attached hydrogens (tertiary/aromatic N) is 2. The molecule has 0 aliphatic heterocycles. The van der Waals surface area contributed by atoms with Crippen LogP contribution in [0.3, 0.4) is 0 Å². The number of oxime groups is 1. The first-order valence-corrected chi connectivity index (χ1v) is 8.99. The average molecular weight is 405 g/mol. The highest BCUT2D eigenvalue weighted by Gasteiger charge is 2.37. The van der Waals surface area contributed by atoms with Gasteiger partial charge in [0, 0.05) is 5.69 Å². The molecule has 0 saturated heterocycles. The smallest absolute Gasteiger partial charge is 0.419 e. The SMILES string of the molecule is C=CCOC(=O)N(C(=O)Nc1ccc(C(C)=NO)cc1)C(CC(C)C)C(=O)OC. The third-order valence-corrected chi connectivity index (χ3v) is 3.92. The van der Waals surface area contributed by atoms with E-state index in [1.807, 2.05) is 13.8 Å². The van der Waals surface area contributed by atoms with Crippen LogP contribution in [0.2, 0.25) is 0 Å². The van der Waals surface area contributed by atoms with Crippen LogP contribution in [0.1, 0.15) is 32.8 Å². The van der Waals surface area contributed by atoms with E-state index in [0.29, 0.717) is 21.9 Å². The first kappa shape index (κ1) is 23.7. The van der Waals surface area contributed by atoms with E-state index in [9.17, 15) is 14.4 Å². The maximum absolute atomic E-state index is 12.9. The number of methoxy groups -OCH3 is 1. The summed E-state index contributed by atoms with van der Waals surface area (Å²) in [6, 6.07) is 4.43. The Morgan fingerprint density at radius 1 is 1.28 bits per heavy atom. The molecule has 29 heavy (non-hydrogen) atoms. The molecule has 0 spiro atoms. The van der Waals surface area contributed by atoms with Gasteiger partial charge in [0.15, 0.2) is 0 Å². The van der Waals surface area contributed by atoms with Gasteiger partial charge in [-0.1, -0.05) is 43.8 Å². The van der Waals surface area contributed by atoms with Crippen LogP contribution < -0.4 is 5.32 Å². The second-order valence-corrected chi connectivity index (χ2v) is 6.60. The summed E-state index contributed by atoms with van der Waals surface area (Å²) in [6.45, 7) is 8.67. The minimum absolute atomic E-state index is 0.00151. The van der Waals surface area contributed by atoms with Gasteiger partial charge in [-0.2, -0.15) is 0 Å². The second-order valence-electron chi connectivity index (χ2n) is 6.60. The summed E-state index contributed by atoms with van der Waals surface area (Å²) in [5, 5.41) is 14.5. The summed E-state index contributed by atoms with van der Waals surface area (Å²) < 4.78 is 9.77. The Balaban J connectivity index is 3.15. The summed E-state index contributed by atoms with van der Waals surface area (Å²) in [4.78, 5) is 38.3. The van der Waals surface area contributed by atoms with Crippen molar-refractivity contribution in [3.63, 3.8) is 0 Å². The molecule has 158 valence electrons. The molecule has 0 aliphatic rings. The van der Waals surface area contributed by atoms with Crippen LogP contribution in [-0.4, -0.2) is 53.7 Å². The van der Waals surface area contributed by atoms with Crippen LogP contribution in [0.4, 0.5) is 15.3 Å². The predicted molar refractivity (Wildman–Crippen MR) is 108 cm³/mol. The van der Waals surface area contributed by atoms with Gasteiger partial charge < -0.3 is 20.0 Å². The highest BCUT2D eigenvalue weighted by molar-refractivity contribution is 6.03. The van der Waals surface area contributed by atoms with Crippen molar-refractivity contribution < 1.29 is 29.1 Å². The number of amides is 3. The van der Waals surface area contributed by atoms with E-state index < -0.39 is 24.1 Å². The van der Waals surface area contributed by atoms with Gasteiger partial charge in [-0.25, -0.2) is 19.3 Å². The molecule has 0 fully saturated rings. The number of imide groups is 1. The number of carbonyl (C=O) groups excluding carboxylic acids is 3. The number of carbonyl (C=O) groups is 3. The minimum Gasteiger partial charge on any atom is -0.467 e. The fourth-order valence-electron chi connectivity index (χ4n) is 2.48. The number of anilines is 1. The molecule has 1 atom stereocenters. The van der Waals surface area contributed by atoms with Crippen LogP contribution in [0, 0.1) is 5.92 Å². The molecule has 0 radical (unpaired) electrons. The van der Waals surface area contributed by atoms with Gasteiger partial charge in [-0.3, -0.25) is 0 Å². The van der Waals surface area contributed by atoms with E-state index >= 15 is 0 Å². The lowest BCUT2D eigenvalue weighted by Crippen LogP contribution is -2.51. The molecule has 1 unspecified atom stereocenters. The molecular weight excluding hydrogens is 378 g/mol. The number of hydrogen-bond donors (Lipinski definition) is 2. The maximum atomic E-state index is 12.9. The van der Waals surface area contributed by atoms with Gasteiger partial charge in [0.25, 0.3) is 0 Å². The fraction of sp³-hybridized carbons (Fsp3) is 0.400. The second kappa shape index (κ2) is 11.5. The highest BCUT2D eigenvalue weighted by atomic mass is 16.6. The largest absolute Gasteiger partial charge is 0.467 e. The molecule has 0 bridgehead atoms. The number of nitrogens with one attached hydrogen (secondary N) is 1. The zero-order valence-electron chi connectivity index (χ0n) is 17.0. The number of esters is 1. The first-order chi connectivity index (χ1) is 13.7. The molecular formula is C20H27N3O6. The highest BCUT2D eigenvalue weighted by Crippen LogP contribution is 2.18. The molecule has 1 aromatic carbocycles. The summed E-state index contributed by atoms with van der Waals surface area (Å²) in [5.74, 6) is -0.726. The molecule has 3 amide bonds. The molecule has 1 aromatic rings. The Morgan fingerprint density at radius 2 is 1.90 bits per heavy atom. The Hall–Kier alpha value is -3.36. The number of ether oxygens (including phenoxy) is 2. The van der Waals surface area contributed by atoms with Crippen LogP contribution >= 0.6 is 0 Å². The molecule has 0 heterocycles. The topological polar surface area (TPSA) is 118 Å². The zero-order chi connectivity index (χ0) is 22.0. The van der Waals surface area contributed by atoms with E-state index in [4.69, 9.17) is 14.7 Å². The fourth-order valence-corrected chi connectivity index (χ4v) is 2.48. The van der Waals surface area contributed by atoms with Gasteiger partial charge in [0.05, 0.1) is 12.8 Å². The standard InChI is InChI=1S/C20H27N3O6/c1-6-11-29-20(26)23(17(12-13(2)3)18(24)28-5)19(25)21-16-9-7-15(8-10-16)14(4)22-27/h6-10,13,17,27H,1,11-12H2,2-5H3,(H,21,25). The molecule has 0 aromatic heterocycles. The van der Waals surface area contributed by atoms with Crippen LogP contribution in [0.5, 0.6) is 0 Å². The number of hydrogen-bond acceptors (Lipinski definition) is 7.